The topological polar surface area (TPSA) is 12.5 Å². The van der Waals surface area contributed by atoms with Crippen LogP contribution in [0.2, 0.25) is 12.6 Å². The highest BCUT2D eigenvalue weighted by Crippen LogP contribution is 2.29. The van der Waals surface area contributed by atoms with Crippen molar-refractivity contribution in [2.75, 3.05) is 14.1 Å². The molecule has 1 atom stereocenters. The van der Waals surface area contributed by atoms with Gasteiger partial charge in [-0.05, 0) is 38.2 Å². The van der Waals surface area contributed by atoms with E-state index in [4.69, 9.17) is 4.43 Å². The van der Waals surface area contributed by atoms with Crippen LogP contribution in [0.25, 0.3) is 0 Å². The van der Waals surface area contributed by atoms with E-state index in [1.807, 2.05) is 6.08 Å². The molecule has 3 heteroatoms. The van der Waals surface area contributed by atoms with Crippen LogP contribution in [-0.2, 0) is 4.43 Å². The lowest BCUT2D eigenvalue weighted by molar-refractivity contribution is 0.341. The van der Waals surface area contributed by atoms with Gasteiger partial charge in [0, 0.05) is 0 Å². The third-order valence-electron chi connectivity index (χ3n) is 2.34. The molecule has 2 nitrogen and oxygen atoms in total. The molecule has 0 bridgehead atoms. The Morgan fingerprint density at radius 2 is 1.87 bits per heavy atom. The molecule has 0 heterocycles. The SMILES string of the molecule is C=C/C=C/O[Si](C)(CC(C)(C)C)N(C)C. The molecule has 0 saturated heterocycles. The second-order valence-electron chi connectivity index (χ2n) is 5.49. The quantitative estimate of drug-likeness (QED) is 0.405. The van der Waals surface area contributed by atoms with Crippen LogP contribution in [0.4, 0.5) is 0 Å². The minimum atomic E-state index is -1.80. The molecule has 0 amide bonds. The smallest absolute Gasteiger partial charge is 0.327 e. The van der Waals surface area contributed by atoms with E-state index in [9.17, 15) is 0 Å². The second-order valence-corrected chi connectivity index (χ2v) is 9.32. The summed E-state index contributed by atoms with van der Waals surface area (Å²) < 4.78 is 8.16. The van der Waals surface area contributed by atoms with E-state index in [-0.39, 0.29) is 0 Å². The molecule has 0 aliphatic carbocycles. The number of rotatable bonds is 5. The first-order valence-electron chi connectivity index (χ1n) is 5.34. The molecule has 0 fully saturated rings. The summed E-state index contributed by atoms with van der Waals surface area (Å²) in [4.78, 5) is 0. The highest BCUT2D eigenvalue weighted by Gasteiger charge is 2.37. The van der Waals surface area contributed by atoms with Gasteiger partial charge in [-0.3, -0.25) is 4.57 Å². The molecule has 88 valence electrons. The van der Waals surface area contributed by atoms with Gasteiger partial charge in [0.15, 0.2) is 0 Å². The van der Waals surface area contributed by atoms with Gasteiger partial charge in [0.2, 0.25) is 0 Å². The third-order valence-corrected chi connectivity index (χ3v) is 6.59. The maximum atomic E-state index is 5.92. The molecule has 0 aliphatic heterocycles. The standard InChI is InChI=1S/C12H25NOSi/c1-8-9-10-14-15(7,13(5)6)11-12(2,3)4/h8-10H,1,11H2,2-7H3/b10-9+. The molecular formula is C12H25NOSi. The molecule has 0 radical (unpaired) electrons. The fraction of sp³-hybridized carbons (Fsp3) is 0.667. The van der Waals surface area contributed by atoms with Gasteiger partial charge in [0.1, 0.15) is 0 Å². The van der Waals surface area contributed by atoms with E-state index in [2.05, 4.69) is 52.6 Å². The minimum Gasteiger partial charge on any atom is -0.535 e. The van der Waals surface area contributed by atoms with Crippen molar-refractivity contribution in [1.82, 2.24) is 4.57 Å². The molecule has 0 N–H and O–H groups in total. The highest BCUT2D eigenvalue weighted by atomic mass is 28.4. The fourth-order valence-electron chi connectivity index (χ4n) is 1.53. The van der Waals surface area contributed by atoms with Crippen molar-refractivity contribution in [3.63, 3.8) is 0 Å². The van der Waals surface area contributed by atoms with E-state index in [0.717, 1.165) is 6.04 Å². The number of hydrogen-bond donors (Lipinski definition) is 0. The normalized spacial score (nSPS) is 16.7. The Hall–Kier alpha value is -0.543. The summed E-state index contributed by atoms with van der Waals surface area (Å²) in [7, 11) is 2.39. The first-order chi connectivity index (χ1) is 6.71. The van der Waals surface area contributed by atoms with Crippen molar-refractivity contribution in [3.8, 4) is 0 Å². The summed E-state index contributed by atoms with van der Waals surface area (Å²) in [5.41, 5.74) is 0.299. The summed E-state index contributed by atoms with van der Waals surface area (Å²) in [5, 5.41) is 0. The Morgan fingerprint density at radius 3 is 2.20 bits per heavy atom. The molecule has 15 heavy (non-hydrogen) atoms. The van der Waals surface area contributed by atoms with Gasteiger partial charge < -0.3 is 4.43 Å². The van der Waals surface area contributed by atoms with Crippen molar-refractivity contribution < 1.29 is 4.43 Å². The van der Waals surface area contributed by atoms with Crippen LogP contribution in [0.15, 0.2) is 25.0 Å². The van der Waals surface area contributed by atoms with E-state index in [1.165, 1.54) is 0 Å². The molecule has 0 rings (SSSR count). The zero-order valence-corrected chi connectivity index (χ0v) is 12.0. The highest BCUT2D eigenvalue weighted by molar-refractivity contribution is 6.69. The van der Waals surface area contributed by atoms with Crippen LogP contribution in [0.1, 0.15) is 20.8 Å². The molecule has 0 aromatic carbocycles. The molecule has 0 aliphatic rings. The fourth-order valence-corrected chi connectivity index (χ4v) is 4.48. The average molecular weight is 227 g/mol. The van der Waals surface area contributed by atoms with E-state index in [0.29, 0.717) is 5.41 Å². The Kier molecular flexibility index (Phi) is 5.32. The van der Waals surface area contributed by atoms with Gasteiger partial charge in [-0.15, -0.1) is 0 Å². The van der Waals surface area contributed by atoms with Crippen molar-refractivity contribution in [3.05, 3.63) is 25.0 Å². The van der Waals surface area contributed by atoms with Crippen LogP contribution in [-0.4, -0.2) is 27.1 Å². The minimum absolute atomic E-state index is 0.299. The maximum Gasteiger partial charge on any atom is 0.327 e. The summed E-state index contributed by atoms with van der Waals surface area (Å²) in [6.07, 6.45) is 5.35. The van der Waals surface area contributed by atoms with Gasteiger partial charge in [0.05, 0.1) is 6.26 Å². The van der Waals surface area contributed by atoms with Gasteiger partial charge in [-0.2, -0.15) is 0 Å². The van der Waals surface area contributed by atoms with E-state index >= 15 is 0 Å². The Bertz CT molecular complexity index is 230. The number of allylic oxidation sites excluding steroid dienone is 2. The molecule has 0 spiro atoms. The van der Waals surface area contributed by atoms with Crippen molar-refractivity contribution in [2.45, 2.75) is 33.4 Å². The Balaban J connectivity index is 4.59. The molecule has 0 aromatic rings. The molecular weight excluding hydrogens is 202 g/mol. The van der Waals surface area contributed by atoms with Crippen LogP contribution >= 0.6 is 0 Å². The number of hydrogen-bond acceptors (Lipinski definition) is 2. The molecule has 0 aromatic heterocycles. The summed E-state index contributed by atoms with van der Waals surface area (Å²) in [6.45, 7) is 12.6. The van der Waals surface area contributed by atoms with E-state index < -0.39 is 8.48 Å². The van der Waals surface area contributed by atoms with Crippen LogP contribution in [0.3, 0.4) is 0 Å². The summed E-state index contributed by atoms with van der Waals surface area (Å²) in [5.74, 6) is 0. The van der Waals surface area contributed by atoms with Crippen LogP contribution in [0, 0.1) is 5.41 Å². The van der Waals surface area contributed by atoms with Gasteiger partial charge in [-0.1, -0.05) is 33.4 Å². The zero-order valence-electron chi connectivity index (χ0n) is 11.0. The largest absolute Gasteiger partial charge is 0.535 e. The average Bonchev–Trinajstić information content (AvgIpc) is 2.01. The lowest BCUT2D eigenvalue weighted by Crippen LogP contribution is -2.50. The van der Waals surface area contributed by atoms with Gasteiger partial charge >= 0.3 is 8.48 Å². The zero-order chi connectivity index (χ0) is 12.1. The van der Waals surface area contributed by atoms with E-state index in [1.54, 1.807) is 12.3 Å². The van der Waals surface area contributed by atoms with Crippen LogP contribution < -0.4 is 0 Å². The number of nitrogens with zero attached hydrogens (tertiary/aromatic N) is 1. The Labute approximate surface area is 95.8 Å². The monoisotopic (exact) mass is 227 g/mol. The summed E-state index contributed by atoms with van der Waals surface area (Å²) in [6, 6.07) is 1.11. The predicted molar refractivity (Wildman–Crippen MR) is 70.0 cm³/mol. The van der Waals surface area contributed by atoms with Crippen LogP contribution in [0.5, 0.6) is 0 Å². The van der Waals surface area contributed by atoms with Crippen molar-refractivity contribution >= 4 is 8.48 Å². The lowest BCUT2D eigenvalue weighted by Gasteiger charge is -2.37. The predicted octanol–water partition coefficient (Wildman–Crippen LogP) is 3.38. The summed E-state index contributed by atoms with van der Waals surface area (Å²) >= 11 is 0. The molecule has 1 unspecified atom stereocenters. The van der Waals surface area contributed by atoms with Gasteiger partial charge in [-0.25, -0.2) is 0 Å². The first kappa shape index (κ1) is 14.5. The first-order valence-corrected chi connectivity index (χ1v) is 7.90. The van der Waals surface area contributed by atoms with Crippen molar-refractivity contribution in [2.24, 2.45) is 5.41 Å². The van der Waals surface area contributed by atoms with Crippen molar-refractivity contribution in [1.29, 1.82) is 0 Å². The lowest BCUT2D eigenvalue weighted by atomic mass is 10.0. The van der Waals surface area contributed by atoms with Gasteiger partial charge in [0.25, 0.3) is 0 Å². The Morgan fingerprint density at radius 1 is 1.33 bits per heavy atom. The maximum absolute atomic E-state index is 5.92. The third kappa shape index (κ3) is 5.80. The molecule has 0 saturated carbocycles. The second kappa shape index (κ2) is 5.52.